The molecule has 2 rings (SSSR count). The van der Waals surface area contributed by atoms with Gasteiger partial charge in [-0.15, -0.1) is 0 Å². The second kappa shape index (κ2) is 5.97. The molecule has 0 amide bonds. The van der Waals surface area contributed by atoms with Crippen LogP contribution in [-0.2, 0) is 13.1 Å². The molecule has 0 bridgehead atoms. The molecule has 0 spiro atoms. The Morgan fingerprint density at radius 2 is 2.11 bits per heavy atom. The fourth-order valence-corrected chi connectivity index (χ4v) is 2.11. The minimum atomic E-state index is -0.188. The Labute approximate surface area is 113 Å². The summed E-state index contributed by atoms with van der Waals surface area (Å²) in [5, 5.41) is 3.30. The van der Waals surface area contributed by atoms with E-state index in [0.29, 0.717) is 6.54 Å². The smallest absolute Gasteiger partial charge is 0.123 e. The lowest BCUT2D eigenvalue weighted by Gasteiger charge is -2.13. The average Bonchev–Trinajstić information content (AvgIpc) is 2.73. The summed E-state index contributed by atoms with van der Waals surface area (Å²) in [4.78, 5) is 4.35. The third kappa shape index (κ3) is 3.20. The van der Waals surface area contributed by atoms with E-state index < -0.39 is 0 Å². The Hall–Kier alpha value is -1.68. The van der Waals surface area contributed by atoms with E-state index in [1.807, 2.05) is 26.1 Å². The topological polar surface area (TPSA) is 29.9 Å². The summed E-state index contributed by atoms with van der Waals surface area (Å²) in [5.41, 5.74) is 3.23. The number of aryl methyl sites for hydroxylation is 2. The van der Waals surface area contributed by atoms with Crippen molar-refractivity contribution in [3.05, 3.63) is 52.9 Å². The molecule has 1 aromatic carbocycles. The van der Waals surface area contributed by atoms with Crippen LogP contribution in [0.15, 0.2) is 24.4 Å². The van der Waals surface area contributed by atoms with E-state index in [4.69, 9.17) is 0 Å². The highest BCUT2D eigenvalue weighted by Crippen LogP contribution is 2.15. The van der Waals surface area contributed by atoms with Gasteiger partial charge in [0.1, 0.15) is 11.6 Å². The zero-order valence-electron chi connectivity index (χ0n) is 11.7. The van der Waals surface area contributed by atoms with Crippen LogP contribution in [0.25, 0.3) is 0 Å². The van der Waals surface area contributed by atoms with Gasteiger partial charge in [0.05, 0.1) is 5.69 Å². The van der Waals surface area contributed by atoms with Gasteiger partial charge in [0.2, 0.25) is 0 Å². The molecule has 0 aliphatic rings. The third-order valence-electron chi connectivity index (χ3n) is 3.33. The molecule has 0 radical (unpaired) electrons. The minimum Gasteiger partial charge on any atom is -0.327 e. The molecule has 0 atom stereocenters. The zero-order valence-corrected chi connectivity index (χ0v) is 11.7. The number of benzene rings is 1. The van der Waals surface area contributed by atoms with Gasteiger partial charge in [0.25, 0.3) is 0 Å². The minimum absolute atomic E-state index is 0.188. The Morgan fingerprint density at radius 3 is 2.84 bits per heavy atom. The lowest BCUT2D eigenvalue weighted by atomic mass is 10.1. The van der Waals surface area contributed by atoms with Crippen molar-refractivity contribution in [2.75, 3.05) is 6.54 Å². The molecule has 2 aromatic rings. The van der Waals surface area contributed by atoms with Crippen LogP contribution in [0.2, 0.25) is 0 Å². The molecule has 0 aliphatic carbocycles. The van der Waals surface area contributed by atoms with Gasteiger partial charge < -0.3 is 9.88 Å². The molecule has 4 heteroatoms. The highest BCUT2D eigenvalue weighted by molar-refractivity contribution is 5.27. The van der Waals surface area contributed by atoms with E-state index in [9.17, 15) is 4.39 Å². The molecule has 0 unspecified atom stereocenters. The van der Waals surface area contributed by atoms with Crippen LogP contribution in [0.4, 0.5) is 4.39 Å². The van der Waals surface area contributed by atoms with Gasteiger partial charge in [-0.25, -0.2) is 9.37 Å². The molecule has 19 heavy (non-hydrogen) atoms. The van der Waals surface area contributed by atoms with Gasteiger partial charge in [-0.3, -0.25) is 0 Å². The molecule has 1 heterocycles. The van der Waals surface area contributed by atoms with Gasteiger partial charge in [-0.2, -0.15) is 0 Å². The first kappa shape index (κ1) is 13.7. The van der Waals surface area contributed by atoms with Crippen molar-refractivity contribution in [1.29, 1.82) is 0 Å². The van der Waals surface area contributed by atoms with Crippen LogP contribution in [0.5, 0.6) is 0 Å². The largest absolute Gasteiger partial charge is 0.327 e. The standard InChI is InChI=1S/C15H20FN3/c1-4-17-8-15-9-18-12(3)19(15)10-13-7-14(16)6-5-11(13)2/h5-7,9,17H,4,8,10H2,1-3H3. The van der Waals surface area contributed by atoms with Crippen molar-refractivity contribution in [2.45, 2.75) is 33.9 Å². The predicted octanol–water partition coefficient (Wildman–Crippen LogP) is 2.80. The van der Waals surface area contributed by atoms with Gasteiger partial charge in [-0.1, -0.05) is 13.0 Å². The van der Waals surface area contributed by atoms with Gasteiger partial charge in [-0.05, 0) is 43.7 Å². The Balaban J connectivity index is 2.27. The summed E-state index contributed by atoms with van der Waals surface area (Å²) in [7, 11) is 0. The monoisotopic (exact) mass is 261 g/mol. The van der Waals surface area contributed by atoms with Crippen LogP contribution < -0.4 is 5.32 Å². The van der Waals surface area contributed by atoms with Crippen molar-refractivity contribution in [3.8, 4) is 0 Å². The summed E-state index contributed by atoms with van der Waals surface area (Å²) in [6, 6.07) is 4.92. The number of imidazole rings is 1. The molecule has 0 saturated heterocycles. The summed E-state index contributed by atoms with van der Waals surface area (Å²) in [6.07, 6.45) is 1.88. The normalized spacial score (nSPS) is 10.9. The molecule has 0 fully saturated rings. The van der Waals surface area contributed by atoms with Crippen molar-refractivity contribution < 1.29 is 4.39 Å². The fourth-order valence-electron chi connectivity index (χ4n) is 2.11. The van der Waals surface area contributed by atoms with E-state index in [2.05, 4.69) is 21.8 Å². The number of hydrogen-bond donors (Lipinski definition) is 1. The summed E-state index contributed by atoms with van der Waals surface area (Å²) in [5.74, 6) is 0.767. The van der Waals surface area contributed by atoms with Crippen molar-refractivity contribution >= 4 is 0 Å². The Morgan fingerprint density at radius 1 is 1.32 bits per heavy atom. The molecule has 0 saturated carbocycles. The van der Waals surface area contributed by atoms with Crippen molar-refractivity contribution in [2.24, 2.45) is 0 Å². The maximum absolute atomic E-state index is 13.3. The molecular weight excluding hydrogens is 241 g/mol. The van der Waals surface area contributed by atoms with Gasteiger partial charge in [0.15, 0.2) is 0 Å². The van der Waals surface area contributed by atoms with Crippen molar-refractivity contribution in [1.82, 2.24) is 14.9 Å². The highest BCUT2D eigenvalue weighted by atomic mass is 19.1. The number of halogens is 1. The fraction of sp³-hybridized carbons (Fsp3) is 0.400. The predicted molar refractivity (Wildman–Crippen MR) is 74.6 cm³/mol. The first-order valence-corrected chi connectivity index (χ1v) is 6.58. The number of nitrogens with zero attached hydrogens (tertiary/aromatic N) is 2. The Kier molecular flexibility index (Phi) is 4.32. The van der Waals surface area contributed by atoms with Crippen LogP contribution >= 0.6 is 0 Å². The maximum atomic E-state index is 13.3. The SMILES string of the molecule is CCNCc1cnc(C)n1Cc1cc(F)ccc1C. The number of nitrogens with one attached hydrogen (secondary N) is 1. The van der Waals surface area contributed by atoms with Crippen LogP contribution in [0.1, 0.15) is 29.6 Å². The highest BCUT2D eigenvalue weighted by Gasteiger charge is 2.09. The Bertz CT molecular complexity index is 561. The van der Waals surface area contributed by atoms with E-state index in [1.165, 1.54) is 6.07 Å². The molecule has 102 valence electrons. The van der Waals surface area contributed by atoms with Gasteiger partial charge in [0, 0.05) is 19.3 Å². The first-order valence-electron chi connectivity index (χ1n) is 6.58. The van der Waals surface area contributed by atoms with Gasteiger partial charge >= 0.3 is 0 Å². The number of aromatic nitrogens is 2. The van der Waals surface area contributed by atoms with E-state index in [-0.39, 0.29) is 5.82 Å². The average molecular weight is 261 g/mol. The second-order valence-electron chi connectivity index (χ2n) is 4.73. The molecular formula is C15H20FN3. The summed E-state index contributed by atoms with van der Waals surface area (Å²) < 4.78 is 15.5. The van der Waals surface area contributed by atoms with E-state index >= 15 is 0 Å². The number of hydrogen-bond acceptors (Lipinski definition) is 2. The van der Waals surface area contributed by atoms with Crippen LogP contribution in [0, 0.1) is 19.7 Å². The molecule has 0 aliphatic heterocycles. The number of rotatable bonds is 5. The summed E-state index contributed by atoms with van der Waals surface area (Å²) in [6.45, 7) is 8.42. The lowest BCUT2D eigenvalue weighted by molar-refractivity contribution is 0.616. The van der Waals surface area contributed by atoms with Crippen LogP contribution in [-0.4, -0.2) is 16.1 Å². The third-order valence-corrected chi connectivity index (χ3v) is 3.33. The molecule has 1 N–H and O–H groups in total. The quantitative estimate of drug-likeness (QED) is 0.897. The molecule has 1 aromatic heterocycles. The molecule has 3 nitrogen and oxygen atoms in total. The second-order valence-corrected chi connectivity index (χ2v) is 4.73. The van der Waals surface area contributed by atoms with E-state index in [1.54, 1.807) is 6.07 Å². The van der Waals surface area contributed by atoms with Crippen molar-refractivity contribution in [3.63, 3.8) is 0 Å². The van der Waals surface area contributed by atoms with E-state index in [0.717, 1.165) is 35.7 Å². The zero-order chi connectivity index (χ0) is 13.8. The van der Waals surface area contributed by atoms with Crippen LogP contribution in [0.3, 0.4) is 0 Å². The maximum Gasteiger partial charge on any atom is 0.123 e. The lowest BCUT2D eigenvalue weighted by Crippen LogP contribution is -2.16. The summed E-state index contributed by atoms with van der Waals surface area (Å²) >= 11 is 0. The first-order chi connectivity index (χ1) is 9.11.